The number of anilines is 1. The molecule has 3 N–H and O–H groups in total. The van der Waals surface area contributed by atoms with Crippen molar-refractivity contribution in [3.8, 4) is 0 Å². The van der Waals surface area contributed by atoms with E-state index in [0.717, 1.165) is 11.1 Å². The molecule has 12 heteroatoms. The number of ether oxygens (including phenoxy) is 2. The summed E-state index contributed by atoms with van der Waals surface area (Å²) in [5.41, 5.74) is 2.39. The van der Waals surface area contributed by atoms with Gasteiger partial charge in [-0.25, -0.2) is 8.78 Å². The monoisotopic (exact) mass is 643 g/mol. The summed E-state index contributed by atoms with van der Waals surface area (Å²) in [6.07, 6.45) is 0.283. The highest BCUT2D eigenvalue weighted by Crippen LogP contribution is 2.46. The molecule has 0 aliphatic carbocycles. The largest absolute Gasteiger partial charge is 0.388 e. The molecular formula is C33H36F2NO8P. The molecule has 2 aliphatic heterocycles. The van der Waals surface area contributed by atoms with E-state index in [1.54, 1.807) is 17.0 Å². The predicted molar refractivity (Wildman–Crippen MR) is 162 cm³/mol. The number of nitrogens with zero attached hydrogens (tertiary/aromatic N) is 1. The van der Waals surface area contributed by atoms with Crippen LogP contribution < -0.4 is 4.90 Å². The molecule has 2 aliphatic rings. The number of aryl methyl sites for hydroxylation is 1. The molecule has 3 atom stereocenters. The van der Waals surface area contributed by atoms with Gasteiger partial charge >= 0.3 is 7.60 Å². The summed E-state index contributed by atoms with van der Waals surface area (Å²) < 4.78 is 49.2. The van der Waals surface area contributed by atoms with Crippen molar-refractivity contribution in [1.29, 1.82) is 0 Å². The van der Waals surface area contributed by atoms with Crippen molar-refractivity contribution in [3.05, 3.63) is 101 Å². The van der Waals surface area contributed by atoms with Gasteiger partial charge in [-0.05, 0) is 78.8 Å². The van der Waals surface area contributed by atoms with Gasteiger partial charge in [0.2, 0.25) is 5.91 Å². The number of carbonyl (C=O) groups excluding carboxylic acids is 2. The van der Waals surface area contributed by atoms with E-state index in [1.807, 2.05) is 24.3 Å². The van der Waals surface area contributed by atoms with Crippen molar-refractivity contribution >= 4 is 25.0 Å². The van der Waals surface area contributed by atoms with Crippen LogP contribution in [0.25, 0.3) is 0 Å². The average molecular weight is 644 g/mol. The third-order valence-corrected chi connectivity index (χ3v) is 9.27. The molecule has 9 nitrogen and oxygen atoms in total. The van der Waals surface area contributed by atoms with Crippen LogP contribution in [0.1, 0.15) is 54.5 Å². The Balaban J connectivity index is 1.23. The van der Waals surface area contributed by atoms with E-state index >= 15 is 0 Å². The summed E-state index contributed by atoms with van der Waals surface area (Å²) in [4.78, 5) is 45.0. The first-order valence-electron chi connectivity index (χ1n) is 14.8. The van der Waals surface area contributed by atoms with Crippen LogP contribution in [0, 0.1) is 17.6 Å². The first-order chi connectivity index (χ1) is 21.4. The third-order valence-electron chi connectivity index (χ3n) is 8.47. The van der Waals surface area contributed by atoms with Crippen molar-refractivity contribution in [2.45, 2.75) is 49.9 Å². The van der Waals surface area contributed by atoms with E-state index in [2.05, 4.69) is 0 Å². The number of ketones is 1. The minimum Gasteiger partial charge on any atom is -0.388 e. The van der Waals surface area contributed by atoms with Crippen molar-refractivity contribution in [1.82, 2.24) is 0 Å². The number of amides is 1. The van der Waals surface area contributed by atoms with Crippen LogP contribution in [0.4, 0.5) is 14.5 Å². The molecule has 240 valence electrons. The standard InChI is InChI=1S/C33H36F2NO8P/c34-25-7-5-23(6-8-25)30(38)14-13-29-31(36(32(29)39)27-11-9-26(35)10-12-27)24-3-1-22(2-4-24)15-17-33(20-43-21-33)44-19-28(37)16-18-45(40,41)42/h1-12,29-31,38H,13-21H2,(H2,40,41,42)/t29-,30+,31-/m1/s1. The first kappa shape index (κ1) is 33.1. The molecular weight excluding hydrogens is 607 g/mol. The van der Waals surface area contributed by atoms with Gasteiger partial charge in [0, 0.05) is 12.1 Å². The van der Waals surface area contributed by atoms with Crippen LogP contribution in [-0.4, -0.2) is 58.2 Å². The molecule has 0 saturated carbocycles. The normalized spacial score (nSPS) is 19.9. The fourth-order valence-electron chi connectivity index (χ4n) is 5.75. The van der Waals surface area contributed by atoms with Gasteiger partial charge in [0.25, 0.3) is 0 Å². The molecule has 3 aromatic rings. The van der Waals surface area contributed by atoms with Gasteiger partial charge in [-0.3, -0.25) is 14.2 Å². The highest BCUT2D eigenvalue weighted by atomic mass is 31.2. The number of rotatable bonds is 15. The predicted octanol–water partition coefficient (Wildman–Crippen LogP) is 5.04. The van der Waals surface area contributed by atoms with E-state index < -0.39 is 43.0 Å². The zero-order valence-electron chi connectivity index (χ0n) is 24.6. The zero-order chi connectivity index (χ0) is 32.2. The van der Waals surface area contributed by atoms with E-state index in [0.29, 0.717) is 50.1 Å². The Morgan fingerprint density at radius 1 is 1.00 bits per heavy atom. The van der Waals surface area contributed by atoms with Crippen molar-refractivity contribution in [2.24, 2.45) is 5.92 Å². The van der Waals surface area contributed by atoms with Gasteiger partial charge in [0.1, 0.15) is 23.8 Å². The van der Waals surface area contributed by atoms with Gasteiger partial charge in [-0.1, -0.05) is 36.4 Å². The second-order valence-corrected chi connectivity index (χ2v) is 13.5. The minimum absolute atomic E-state index is 0.124. The molecule has 2 fully saturated rings. The van der Waals surface area contributed by atoms with Crippen molar-refractivity contribution < 1.29 is 47.3 Å². The number of β-lactam (4-membered cyclic amide) rings is 1. The van der Waals surface area contributed by atoms with Crippen LogP contribution in [0.5, 0.6) is 0 Å². The van der Waals surface area contributed by atoms with Gasteiger partial charge in [-0.15, -0.1) is 0 Å². The summed E-state index contributed by atoms with van der Waals surface area (Å²) in [5, 5.41) is 10.7. The Bertz CT molecular complexity index is 1520. The molecule has 0 radical (unpaired) electrons. The Labute approximate surface area is 259 Å². The Kier molecular flexibility index (Phi) is 10.3. The fraction of sp³-hybridized carbons (Fsp3) is 0.394. The second kappa shape index (κ2) is 14.0. The van der Waals surface area contributed by atoms with Gasteiger partial charge < -0.3 is 29.3 Å². The number of hydrogen-bond donors (Lipinski definition) is 3. The van der Waals surface area contributed by atoms with Gasteiger partial charge in [0.15, 0.2) is 5.78 Å². The molecule has 2 heterocycles. The van der Waals surface area contributed by atoms with E-state index in [4.69, 9.17) is 19.3 Å². The summed E-state index contributed by atoms with van der Waals surface area (Å²) in [6, 6.07) is 18.9. The van der Waals surface area contributed by atoms with Crippen LogP contribution in [0.2, 0.25) is 0 Å². The topological polar surface area (TPSA) is 134 Å². The maximum Gasteiger partial charge on any atom is 0.326 e. The minimum atomic E-state index is -4.25. The summed E-state index contributed by atoms with van der Waals surface area (Å²) in [7, 11) is -4.25. The molecule has 1 amide bonds. The Morgan fingerprint density at radius 3 is 2.20 bits per heavy atom. The van der Waals surface area contributed by atoms with Gasteiger partial charge in [-0.2, -0.15) is 0 Å². The SMILES string of the molecule is O=C(CCP(=O)(O)O)COC1(CCc2ccc([C@@H]3[C@@H](CC[C@H](O)c4ccc(F)cc4)C(=O)N3c3ccc(F)cc3)cc2)COC1. The Hall–Kier alpha value is -3.31. The van der Waals surface area contributed by atoms with Crippen LogP contribution in [0.15, 0.2) is 72.8 Å². The number of aliphatic hydroxyl groups is 1. The molecule has 0 bridgehead atoms. The second-order valence-electron chi connectivity index (χ2n) is 11.8. The van der Waals surface area contributed by atoms with Crippen LogP contribution in [0.3, 0.4) is 0 Å². The number of carbonyl (C=O) groups is 2. The number of benzene rings is 3. The highest BCUT2D eigenvalue weighted by Gasteiger charge is 2.48. The summed E-state index contributed by atoms with van der Waals surface area (Å²) >= 11 is 0. The van der Waals surface area contributed by atoms with E-state index in [9.17, 15) is 28.0 Å². The lowest BCUT2D eigenvalue weighted by molar-refractivity contribution is -0.211. The maximum atomic E-state index is 13.6. The van der Waals surface area contributed by atoms with E-state index in [1.165, 1.54) is 36.4 Å². The maximum absolute atomic E-state index is 13.6. The average Bonchev–Trinajstić information content (AvgIpc) is 2.99. The summed E-state index contributed by atoms with van der Waals surface area (Å²) in [6.45, 7) is 0.396. The zero-order valence-corrected chi connectivity index (χ0v) is 25.5. The number of Topliss-reactive ketones (excluding diaryl/α,β-unsaturated/α-hetero) is 1. The fourth-order valence-corrected chi connectivity index (χ4v) is 6.29. The smallest absolute Gasteiger partial charge is 0.326 e. The lowest BCUT2D eigenvalue weighted by Gasteiger charge is -2.48. The quantitative estimate of drug-likeness (QED) is 0.155. The number of aliphatic hydroxyl groups excluding tert-OH is 1. The molecule has 0 unspecified atom stereocenters. The molecule has 5 rings (SSSR count). The number of halogens is 2. The van der Waals surface area contributed by atoms with Gasteiger partial charge in [0.05, 0.1) is 37.4 Å². The molecule has 2 saturated heterocycles. The van der Waals surface area contributed by atoms with E-state index in [-0.39, 0.29) is 30.8 Å². The van der Waals surface area contributed by atoms with Crippen LogP contribution in [-0.2, 0) is 30.0 Å². The molecule has 45 heavy (non-hydrogen) atoms. The Morgan fingerprint density at radius 2 is 1.62 bits per heavy atom. The van der Waals surface area contributed by atoms with Crippen molar-refractivity contribution in [3.63, 3.8) is 0 Å². The highest BCUT2D eigenvalue weighted by molar-refractivity contribution is 7.51. The summed E-state index contributed by atoms with van der Waals surface area (Å²) in [5.74, 6) is -1.72. The molecule has 0 aromatic heterocycles. The lowest BCUT2D eigenvalue weighted by atomic mass is 9.78. The molecule has 3 aromatic carbocycles. The molecule has 0 spiro atoms. The van der Waals surface area contributed by atoms with Crippen molar-refractivity contribution in [2.75, 3.05) is 30.9 Å². The first-order valence-corrected chi connectivity index (χ1v) is 16.6. The van der Waals surface area contributed by atoms with Crippen LogP contribution >= 0.6 is 7.60 Å². The third kappa shape index (κ3) is 8.30. The number of hydrogen-bond acceptors (Lipinski definition) is 6. The lowest BCUT2D eigenvalue weighted by Crippen LogP contribution is -2.55.